The second-order valence-electron chi connectivity index (χ2n) is 4.33. The number of amidine groups is 1. The molecule has 0 bridgehead atoms. The first kappa shape index (κ1) is 11.2. The Bertz CT molecular complexity index is 598. The molecule has 2 aromatic heterocycles. The Morgan fingerprint density at radius 2 is 2.44 bits per heavy atom. The van der Waals surface area contributed by atoms with Crippen molar-refractivity contribution < 1.29 is 4.68 Å². The average molecular weight is 263 g/mol. The number of hydrogen-bond acceptors (Lipinski definition) is 4. The second-order valence-corrected chi connectivity index (χ2v) is 5.28. The monoisotopic (exact) mass is 263 g/mol. The number of aryl methyl sites for hydroxylation is 1. The molecule has 18 heavy (non-hydrogen) atoms. The molecule has 3 N–H and O–H groups in total. The average Bonchev–Trinajstić information content (AvgIpc) is 2.99. The van der Waals surface area contributed by atoms with Gasteiger partial charge in [-0.05, 0) is 0 Å². The van der Waals surface area contributed by atoms with Crippen molar-refractivity contribution >= 4 is 23.0 Å². The Hall–Kier alpha value is -1.89. The maximum Gasteiger partial charge on any atom is 0.197 e. The van der Waals surface area contributed by atoms with Crippen LogP contribution in [0.3, 0.4) is 0 Å². The van der Waals surface area contributed by atoms with Crippen molar-refractivity contribution in [2.24, 2.45) is 12.8 Å². The number of nitrogens with zero attached hydrogens (tertiary/aromatic N) is 4. The third kappa shape index (κ3) is 1.76. The third-order valence-electron chi connectivity index (χ3n) is 3.14. The summed E-state index contributed by atoms with van der Waals surface area (Å²) < 4.78 is 4.33. The molecular formula is C11H15N6S+. The van der Waals surface area contributed by atoms with Gasteiger partial charge in [0, 0.05) is 11.9 Å². The van der Waals surface area contributed by atoms with Crippen LogP contribution in [0.25, 0.3) is 0 Å². The highest BCUT2D eigenvalue weighted by atomic mass is 32.1. The quantitative estimate of drug-likeness (QED) is 0.467. The molecule has 0 atom stereocenters. The van der Waals surface area contributed by atoms with Crippen molar-refractivity contribution in [2.45, 2.75) is 13.1 Å². The van der Waals surface area contributed by atoms with E-state index in [0.717, 1.165) is 24.6 Å². The van der Waals surface area contributed by atoms with Crippen molar-refractivity contribution in [3.05, 3.63) is 28.3 Å². The van der Waals surface area contributed by atoms with E-state index in [1.54, 1.807) is 11.3 Å². The van der Waals surface area contributed by atoms with Gasteiger partial charge in [-0.25, -0.2) is 4.98 Å². The molecule has 0 fully saturated rings. The summed E-state index contributed by atoms with van der Waals surface area (Å²) in [5.41, 5.74) is 6.00. The van der Waals surface area contributed by atoms with Crippen molar-refractivity contribution in [3.63, 3.8) is 0 Å². The van der Waals surface area contributed by atoms with Gasteiger partial charge in [0.2, 0.25) is 0 Å². The molecule has 0 spiro atoms. The van der Waals surface area contributed by atoms with Crippen LogP contribution in [0.5, 0.6) is 0 Å². The SMILES string of the molecule is C[n+]1ccc2n1CCN2Cc1nc(C(=N)N)cs1. The van der Waals surface area contributed by atoms with Gasteiger partial charge in [-0.15, -0.1) is 20.7 Å². The van der Waals surface area contributed by atoms with Crippen molar-refractivity contribution in [1.29, 1.82) is 5.41 Å². The van der Waals surface area contributed by atoms with Gasteiger partial charge in [-0.1, -0.05) is 0 Å². The molecule has 0 saturated carbocycles. The number of thiazole rings is 1. The van der Waals surface area contributed by atoms with Gasteiger partial charge in [-0.2, -0.15) is 0 Å². The predicted octanol–water partition coefficient (Wildman–Crippen LogP) is 0.0734. The molecule has 0 unspecified atom stereocenters. The first-order chi connectivity index (χ1) is 8.65. The van der Waals surface area contributed by atoms with E-state index >= 15 is 0 Å². The van der Waals surface area contributed by atoms with E-state index in [-0.39, 0.29) is 5.84 Å². The molecule has 94 valence electrons. The Morgan fingerprint density at radius 3 is 3.17 bits per heavy atom. The summed E-state index contributed by atoms with van der Waals surface area (Å²) in [5.74, 6) is 1.26. The zero-order chi connectivity index (χ0) is 12.7. The predicted molar refractivity (Wildman–Crippen MR) is 69.8 cm³/mol. The van der Waals surface area contributed by atoms with Crippen LogP contribution < -0.4 is 15.3 Å². The molecule has 0 saturated heterocycles. The fraction of sp³-hybridized carbons (Fsp3) is 0.364. The number of hydrogen-bond donors (Lipinski definition) is 2. The molecule has 0 radical (unpaired) electrons. The number of nitrogens with two attached hydrogens (primary N) is 1. The van der Waals surface area contributed by atoms with Crippen molar-refractivity contribution in [1.82, 2.24) is 9.67 Å². The molecule has 3 heterocycles. The number of rotatable bonds is 3. The Labute approximate surface area is 109 Å². The lowest BCUT2D eigenvalue weighted by atomic mass is 10.4. The summed E-state index contributed by atoms with van der Waals surface area (Å²) in [6, 6.07) is 2.12. The standard InChI is InChI=1S/C11H15N6S/c1-15-3-2-10-16(4-5-17(10)15)6-9-14-8(7-18-9)11(12)13/h2-3,7H,4-6H2,1H3,(H3,12,13)/q+1. The Kier molecular flexibility index (Phi) is 2.55. The van der Waals surface area contributed by atoms with E-state index in [0.29, 0.717) is 5.69 Å². The lowest BCUT2D eigenvalue weighted by molar-refractivity contribution is -0.751. The van der Waals surface area contributed by atoms with Crippen LogP contribution in [0.15, 0.2) is 17.6 Å². The van der Waals surface area contributed by atoms with Crippen LogP contribution in [-0.4, -0.2) is 22.0 Å². The molecule has 1 aliphatic rings. The molecule has 7 heteroatoms. The number of anilines is 1. The van der Waals surface area contributed by atoms with Gasteiger partial charge in [0.05, 0.1) is 19.2 Å². The van der Waals surface area contributed by atoms with E-state index in [4.69, 9.17) is 11.1 Å². The minimum atomic E-state index is 0.0358. The van der Waals surface area contributed by atoms with Gasteiger partial charge in [-0.3, -0.25) is 5.41 Å². The molecule has 0 amide bonds. The van der Waals surface area contributed by atoms with Gasteiger partial charge in [0.25, 0.3) is 0 Å². The van der Waals surface area contributed by atoms with Crippen LogP contribution in [0.4, 0.5) is 5.82 Å². The maximum atomic E-state index is 7.35. The van der Waals surface area contributed by atoms with Crippen molar-refractivity contribution in [2.75, 3.05) is 11.4 Å². The van der Waals surface area contributed by atoms with Gasteiger partial charge in [0.1, 0.15) is 16.5 Å². The van der Waals surface area contributed by atoms with Gasteiger partial charge in [0.15, 0.2) is 19.1 Å². The smallest absolute Gasteiger partial charge is 0.197 e. The number of nitrogens with one attached hydrogen (secondary N) is 1. The van der Waals surface area contributed by atoms with Crippen LogP contribution in [0.1, 0.15) is 10.7 Å². The lowest BCUT2D eigenvalue weighted by Gasteiger charge is -2.13. The number of nitrogen functional groups attached to an aromatic ring is 1. The summed E-state index contributed by atoms with van der Waals surface area (Å²) in [6.45, 7) is 2.78. The molecule has 3 rings (SSSR count). The highest BCUT2D eigenvalue weighted by Crippen LogP contribution is 2.22. The van der Waals surface area contributed by atoms with E-state index < -0.39 is 0 Å². The molecular weight excluding hydrogens is 248 g/mol. The molecule has 0 aliphatic carbocycles. The highest BCUT2D eigenvalue weighted by Gasteiger charge is 2.25. The zero-order valence-corrected chi connectivity index (χ0v) is 10.9. The fourth-order valence-electron chi connectivity index (χ4n) is 2.20. The molecule has 0 aromatic carbocycles. The van der Waals surface area contributed by atoms with E-state index in [2.05, 4.69) is 31.5 Å². The molecule has 6 nitrogen and oxygen atoms in total. The largest absolute Gasteiger partial charge is 0.382 e. The number of aromatic nitrogens is 3. The third-order valence-corrected chi connectivity index (χ3v) is 3.98. The minimum Gasteiger partial charge on any atom is -0.382 e. The Balaban J connectivity index is 1.79. The maximum absolute atomic E-state index is 7.35. The van der Waals surface area contributed by atoms with Gasteiger partial charge >= 0.3 is 0 Å². The summed E-state index contributed by atoms with van der Waals surface area (Å²) >= 11 is 1.56. The first-order valence-electron chi connectivity index (χ1n) is 5.74. The van der Waals surface area contributed by atoms with E-state index in [1.807, 2.05) is 12.4 Å². The zero-order valence-electron chi connectivity index (χ0n) is 10.1. The summed E-state index contributed by atoms with van der Waals surface area (Å²) in [5, 5.41) is 10.2. The van der Waals surface area contributed by atoms with Crippen LogP contribution >= 0.6 is 11.3 Å². The lowest BCUT2D eigenvalue weighted by Crippen LogP contribution is -2.37. The van der Waals surface area contributed by atoms with Gasteiger partial charge < -0.3 is 10.6 Å². The number of fused-ring (bicyclic) bond motifs is 1. The minimum absolute atomic E-state index is 0.0358. The van der Waals surface area contributed by atoms with E-state index in [1.165, 1.54) is 5.82 Å². The normalized spacial score (nSPS) is 13.9. The Morgan fingerprint density at radius 1 is 1.61 bits per heavy atom. The van der Waals surface area contributed by atoms with E-state index in [9.17, 15) is 0 Å². The molecule has 2 aromatic rings. The topological polar surface area (TPSA) is 74.8 Å². The second kappa shape index (κ2) is 4.09. The highest BCUT2D eigenvalue weighted by molar-refractivity contribution is 7.09. The van der Waals surface area contributed by atoms with Crippen LogP contribution in [-0.2, 0) is 20.1 Å². The molecule has 1 aliphatic heterocycles. The fourth-order valence-corrected chi connectivity index (χ4v) is 3.01. The van der Waals surface area contributed by atoms with Crippen LogP contribution in [0.2, 0.25) is 0 Å². The van der Waals surface area contributed by atoms with Crippen molar-refractivity contribution in [3.8, 4) is 0 Å². The van der Waals surface area contributed by atoms with Crippen LogP contribution in [0, 0.1) is 5.41 Å². The summed E-state index contributed by atoms with van der Waals surface area (Å²) in [7, 11) is 2.05. The summed E-state index contributed by atoms with van der Waals surface area (Å²) in [6.07, 6.45) is 2.06. The first-order valence-corrected chi connectivity index (χ1v) is 6.62. The summed E-state index contributed by atoms with van der Waals surface area (Å²) in [4.78, 5) is 6.66.